The Morgan fingerprint density at radius 3 is 2.41 bits per heavy atom. The number of likely N-dealkylation sites (tertiary alicyclic amines) is 1. The van der Waals surface area contributed by atoms with E-state index in [9.17, 15) is 18.0 Å². The van der Waals surface area contributed by atoms with Crippen molar-refractivity contribution in [1.29, 1.82) is 0 Å². The van der Waals surface area contributed by atoms with Gasteiger partial charge in [-0.05, 0) is 32.6 Å². The Morgan fingerprint density at radius 1 is 1.18 bits per heavy atom. The average Bonchev–Trinajstić information content (AvgIpc) is 2.98. The second kappa shape index (κ2) is 6.95. The van der Waals surface area contributed by atoms with E-state index in [1.807, 2.05) is 0 Å². The lowest BCUT2D eigenvalue weighted by atomic mass is 10.1. The lowest BCUT2D eigenvalue weighted by Gasteiger charge is -2.33. The Bertz CT molecular complexity index is 527. The minimum absolute atomic E-state index is 0.00835. The fourth-order valence-electron chi connectivity index (χ4n) is 3.14. The van der Waals surface area contributed by atoms with Gasteiger partial charge in [0, 0.05) is 19.1 Å². The third kappa shape index (κ3) is 3.98. The number of nitrogens with one attached hydrogen (secondary N) is 1. The summed E-state index contributed by atoms with van der Waals surface area (Å²) in [6.45, 7) is 1.84. The van der Waals surface area contributed by atoms with Crippen LogP contribution in [0.25, 0.3) is 0 Å². The number of carboxylic acids is 1. The van der Waals surface area contributed by atoms with Gasteiger partial charge in [0.25, 0.3) is 0 Å². The third-order valence-electron chi connectivity index (χ3n) is 4.56. The number of carbonyl (C=O) groups excluding carboxylic acids is 1. The molecule has 0 spiro atoms. The molecule has 126 valence electrons. The summed E-state index contributed by atoms with van der Waals surface area (Å²) in [5.74, 6) is -2.82. The molecular formula is C14H24N2O5S. The average molecular weight is 332 g/mol. The van der Waals surface area contributed by atoms with Crippen LogP contribution < -0.4 is 4.72 Å². The normalized spacial score (nSPS) is 25.1. The topological polar surface area (TPSA) is 104 Å². The maximum atomic E-state index is 12.4. The summed E-state index contributed by atoms with van der Waals surface area (Å²) in [4.78, 5) is 24.4. The quantitative estimate of drug-likeness (QED) is 0.716. The maximum absolute atomic E-state index is 12.4. The molecule has 2 unspecified atom stereocenters. The number of aliphatic carboxylic acids is 1. The maximum Gasteiger partial charge on any atom is 0.315 e. The predicted molar refractivity (Wildman–Crippen MR) is 80.7 cm³/mol. The van der Waals surface area contributed by atoms with Crippen molar-refractivity contribution < 1.29 is 23.1 Å². The SMILES string of the molecule is CC(C(=O)O)C(=O)N1CCCC(S(=O)(=O)NC2CCCC2)C1. The van der Waals surface area contributed by atoms with Gasteiger partial charge in [-0.15, -0.1) is 0 Å². The van der Waals surface area contributed by atoms with Crippen LogP contribution in [0.2, 0.25) is 0 Å². The molecule has 0 bridgehead atoms. The van der Waals surface area contributed by atoms with Crippen molar-refractivity contribution in [3.8, 4) is 0 Å². The van der Waals surface area contributed by atoms with Gasteiger partial charge in [-0.2, -0.15) is 0 Å². The number of carbonyl (C=O) groups is 2. The fourth-order valence-corrected chi connectivity index (χ4v) is 4.89. The molecule has 7 nitrogen and oxygen atoms in total. The highest BCUT2D eigenvalue weighted by Gasteiger charge is 2.36. The van der Waals surface area contributed by atoms with E-state index in [1.54, 1.807) is 0 Å². The standard InChI is InChI=1S/C14H24N2O5S/c1-10(14(18)19)13(17)16-8-4-7-12(9-16)22(20,21)15-11-5-2-3-6-11/h10-12,15H,2-9H2,1H3,(H,18,19). The van der Waals surface area contributed by atoms with E-state index in [1.165, 1.54) is 11.8 Å². The second-order valence-electron chi connectivity index (χ2n) is 6.25. The molecule has 2 N–H and O–H groups in total. The minimum atomic E-state index is -3.47. The van der Waals surface area contributed by atoms with Crippen LogP contribution >= 0.6 is 0 Å². The molecule has 0 aromatic heterocycles. The fraction of sp³-hybridized carbons (Fsp3) is 0.857. The summed E-state index contributed by atoms with van der Waals surface area (Å²) in [6.07, 6.45) is 4.90. The summed E-state index contributed by atoms with van der Waals surface area (Å²) in [5.41, 5.74) is 0. The molecule has 0 aromatic rings. The number of carboxylic acid groups (broad SMARTS) is 1. The summed E-state index contributed by atoms with van der Waals surface area (Å²) in [6, 6.07) is 0.00835. The van der Waals surface area contributed by atoms with E-state index in [0.29, 0.717) is 19.4 Å². The first-order valence-corrected chi connectivity index (χ1v) is 9.38. The number of nitrogens with zero attached hydrogens (tertiary/aromatic N) is 1. The monoisotopic (exact) mass is 332 g/mol. The van der Waals surface area contributed by atoms with E-state index < -0.39 is 33.1 Å². The molecule has 2 aliphatic rings. The largest absolute Gasteiger partial charge is 0.481 e. The van der Waals surface area contributed by atoms with E-state index in [2.05, 4.69) is 4.72 Å². The van der Waals surface area contributed by atoms with Crippen molar-refractivity contribution in [3.63, 3.8) is 0 Å². The molecule has 8 heteroatoms. The van der Waals surface area contributed by atoms with E-state index in [-0.39, 0.29) is 12.6 Å². The summed E-state index contributed by atoms with van der Waals surface area (Å²) < 4.78 is 27.7. The Kier molecular flexibility index (Phi) is 5.44. The number of amides is 1. The summed E-state index contributed by atoms with van der Waals surface area (Å²) in [7, 11) is -3.47. The minimum Gasteiger partial charge on any atom is -0.481 e. The second-order valence-corrected chi connectivity index (χ2v) is 8.25. The highest BCUT2D eigenvalue weighted by molar-refractivity contribution is 7.90. The first-order valence-electron chi connectivity index (χ1n) is 7.84. The van der Waals surface area contributed by atoms with Crippen LogP contribution in [0.4, 0.5) is 0 Å². The molecular weight excluding hydrogens is 308 g/mol. The molecule has 2 atom stereocenters. The van der Waals surface area contributed by atoms with Gasteiger partial charge in [-0.3, -0.25) is 9.59 Å². The molecule has 1 saturated carbocycles. The zero-order valence-electron chi connectivity index (χ0n) is 12.8. The first-order chi connectivity index (χ1) is 10.3. The molecule has 2 rings (SSSR count). The van der Waals surface area contributed by atoms with Crippen LogP contribution in [-0.4, -0.2) is 54.7 Å². The number of hydrogen-bond donors (Lipinski definition) is 2. The molecule has 1 aliphatic heterocycles. The highest BCUT2D eigenvalue weighted by Crippen LogP contribution is 2.22. The number of piperidine rings is 1. The molecule has 1 saturated heterocycles. The van der Waals surface area contributed by atoms with Gasteiger partial charge in [0.05, 0.1) is 5.25 Å². The molecule has 0 aromatic carbocycles. The number of hydrogen-bond acceptors (Lipinski definition) is 4. The Hall–Kier alpha value is -1.15. The van der Waals surface area contributed by atoms with Crippen LogP contribution in [0, 0.1) is 5.92 Å². The van der Waals surface area contributed by atoms with Gasteiger partial charge in [0.2, 0.25) is 15.9 Å². The lowest BCUT2D eigenvalue weighted by Crippen LogP contribution is -2.51. The van der Waals surface area contributed by atoms with Crippen molar-refractivity contribution in [3.05, 3.63) is 0 Å². The van der Waals surface area contributed by atoms with Crippen LogP contribution in [0.3, 0.4) is 0 Å². The Morgan fingerprint density at radius 2 is 1.82 bits per heavy atom. The molecule has 1 heterocycles. The van der Waals surface area contributed by atoms with Crippen molar-refractivity contribution in [2.24, 2.45) is 5.92 Å². The smallest absolute Gasteiger partial charge is 0.315 e. The molecule has 1 aliphatic carbocycles. The number of rotatable bonds is 5. The molecule has 2 fully saturated rings. The predicted octanol–water partition coefficient (Wildman–Crippen LogP) is 0.560. The first kappa shape index (κ1) is 17.2. The Labute approximate surface area is 131 Å². The van der Waals surface area contributed by atoms with Gasteiger partial charge in [-0.25, -0.2) is 13.1 Å². The van der Waals surface area contributed by atoms with Crippen LogP contribution in [-0.2, 0) is 19.6 Å². The van der Waals surface area contributed by atoms with Crippen molar-refractivity contribution in [2.75, 3.05) is 13.1 Å². The van der Waals surface area contributed by atoms with Gasteiger partial charge in [0.15, 0.2) is 0 Å². The highest BCUT2D eigenvalue weighted by atomic mass is 32.2. The molecule has 0 radical (unpaired) electrons. The van der Waals surface area contributed by atoms with Crippen LogP contribution in [0.1, 0.15) is 45.4 Å². The number of sulfonamides is 1. The van der Waals surface area contributed by atoms with Crippen molar-refractivity contribution in [1.82, 2.24) is 9.62 Å². The van der Waals surface area contributed by atoms with Gasteiger partial charge in [-0.1, -0.05) is 12.8 Å². The molecule has 1 amide bonds. The van der Waals surface area contributed by atoms with Crippen molar-refractivity contribution in [2.45, 2.75) is 56.7 Å². The van der Waals surface area contributed by atoms with Gasteiger partial charge >= 0.3 is 5.97 Å². The Balaban J connectivity index is 2.00. The van der Waals surface area contributed by atoms with Gasteiger partial charge in [0.1, 0.15) is 5.92 Å². The van der Waals surface area contributed by atoms with Crippen molar-refractivity contribution >= 4 is 21.9 Å². The third-order valence-corrected chi connectivity index (χ3v) is 6.48. The lowest BCUT2D eigenvalue weighted by molar-refractivity contribution is -0.150. The summed E-state index contributed by atoms with van der Waals surface area (Å²) >= 11 is 0. The van der Waals surface area contributed by atoms with Crippen LogP contribution in [0.5, 0.6) is 0 Å². The van der Waals surface area contributed by atoms with Crippen LogP contribution in [0.15, 0.2) is 0 Å². The summed E-state index contributed by atoms with van der Waals surface area (Å²) in [5, 5.41) is 8.27. The zero-order chi connectivity index (χ0) is 16.3. The van der Waals surface area contributed by atoms with Gasteiger partial charge < -0.3 is 10.0 Å². The van der Waals surface area contributed by atoms with E-state index in [0.717, 1.165) is 25.7 Å². The zero-order valence-corrected chi connectivity index (χ0v) is 13.6. The molecule has 22 heavy (non-hydrogen) atoms. The van der Waals surface area contributed by atoms with E-state index >= 15 is 0 Å². The van der Waals surface area contributed by atoms with E-state index in [4.69, 9.17) is 5.11 Å².